The second-order valence-corrected chi connectivity index (χ2v) is 4.74. The monoisotopic (exact) mass is 244 g/mol. The van der Waals surface area contributed by atoms with Gasteiger partial charge in [-0.2, -0.15) is 0 Å². The highest BCUT2D eigenvalue weighted by atomic mass is 16.5. The predicted octanol–water partition coefficient (Wildman–Crippen LogP) is 1.58. The zero-order valence-corrected chi connectivity index (χ0v) is 10.3. The molecule has 1 saturated heterocycles. The van der Waals surface area contributed by atoms with Gasteiger partial charge in [-0.25, -0.2) is 0 Å². The zero-order valence-electron chi connectivity index (χ0n) is 10.3. The third kappa shape index (κ3) is 1.99. The number of H-pyrrole nitrogens is 1. The van der Waals surface area contributed by atoms with Crippen molar-refractivity contribution in [2.75, 3.05) is 13.1 Å². The van der Waals surface area contributed by atoms with Crippen LogP contribution in [0.5, 0.6) is 5.75 Å². The van der Waals surface area contributed by atoms with Gasteiger partial charge in [-0.1, -0.05) is 0 Å². The molecule has 0 radical (unpaired) electrons. The van der Waals surface area contributed by atoms with Gasteiger partial charge in [-0.05, 0) is 49.0 Å². The Labute approximate surface area is 105 Å². The quantitative estimate of drug-likeness (QED) is 0.843. The van der Waals surface area contributed by atoms with E-state index in [1.807, 2.05) is 25.1 Å². The lowest BCUT2D eigenvalue weighted by atomic mass is 10.1. The lowest BCUT2D eigenvalue weighted by Crippen LogP contribution is -2.20. The molecule has 1 atom stereocenters. The Balaban J connectivity index is 2.02. The Morgan fingerprint density at radius 2 is 2.28 bits per heavy atom. The molecule has 0 saturated carbocycles. The highest BCUT2D eigenvalue weighted by Crippen LogP contribution is 2.25. The van der Waals surface area contributed by atoms with Crippen LogP contribution in [-0.4, -0.2) is 24.2 Å². The largest absolute Gasteiger partial charge is 0.489 e. The number of pyridine rings is 1. The highest BCUT2D eigenvalue weighted by molar-refractivity contribution is 5.83. The summed E-state index contributed by atoms with van der Waals surface area (Å²) in [5.41, 5.74) is 0.954. The SMILES string of the molecule is Cc1cc2c(=O)[nH]ccc2cc1OC1CCNC1. The van der Waals surface area contributed by atoms with E-state index in [9.17, 15) is 4.79 Å². The van der Waals surface area contributed by atoms with Crippen LogP contribution in [-0.2, 0) is 0 Å². The fourth-order valence-electron chi connectivity index (χ4n) is 2.36. The van der Waals surface area contributed by atoms with Crippen LogP contribution >= 0.6 is 0 Å². The fourth-order valence-corrected chi connectivity index (χ4v) is 2.36. The lowest BCUT2D eigenvalue weighted by molar-refractivity contribution is 0.222. The fraction of sp³-hybridized carbons (Fsp3) is 0.357. The van der Waals surface area contributed by atoms with Crippen LogP contribution in [0.15, 0.2) is 29.2 Å². The summed E-state index contributed by atoms with van der Waals surface area (Å²) in [5, 5.41) is 4.91. The van der Waals surface area contributed by atoms with E-state index in [0.717, 1.165) is 36.2 Å². The Morgan fingerprint density at radius 1 is 1.39 bits per heavy atom. The molecule has 4 nitrogen and oxygen atoms in total. The summed E-state index contributed by atoms with van der Waals surface area (Å²) in [6.45, 7) is 3.88. The summed E-state index contributed by atoms with van der Waals surface area (Å²) >= 11 is 0. The molecule has 4 heteroatoms. The van der Waals surface area contributed by atoms with Crippen molar-refractivity contribution >= 4 is 10.8 Å². The Kier molecular flexibility index (Phi) is 2.80. The first-order chi connectivity index (χ1) is 8.74. The number of nitrogens with one attached hydrogen (secondary N) is 2. The number of fused-ring (bicyclic) bond motifs is 1. The van der Waals surface area contributed by atoms with Gasteiger partial charge in [0.1, 0.15) is 11.9 Å². The molecule has 1 aliphatic heterocycles. The minimum Gasteiger partial charge on any atom is -0.489 e. The zero-order chi connectivity index (χ0) is 12.5. The third-order valence-electron chi connectivity index (χ3n) is 3.38. The Hall–Kier alpha value is -1.81. The first-order valence-electron chi connectivity index (χ1n) is 6.23. The summed E-state index contributed by atoms with van der Waals surface area (Å²) in [6.07, 6.45) is 2.94. The molecule has 1 aromatic carbocycles. The molecule has 2 aromatic rings. The number of hydrogen-bond acceptors (Lipinski definition) is 3. The standard InChI is InChI=1S/C14H16N2O2/c1-9-6-12-10(2-5-16-14(12)17)7-13(9)18-11-3-4-15-8-11/h2,5-7,11,15H,3-4,8H2,1H3,(H,16,17). The molecule has 3 rings (SSSR count). The van der Waals surface area contributed by atoms with Crippen molar-refractivity contribution in [3.05, 3.63) is 40.3 Å². The third-order valence-corrected chi connectivity index (χ3v) is 3.38. The van der Waals surface area contributed by atoms with Crippen molar-refractivity contribution in [3.8, 4) is 5.75 Å². The van der Waals surface area contributed by atoms with Crippen LogP contribution in [0.2, 0.25) is 0 Å². The Bertz CT molecular complexity index is 627. The van der Waals surface area contributed by atoms with Crippen LogP contribution in [0.1, 0.15) is 12.0 Å². The van der Waals surface area contributed by atoms with E-state index in [-0.39, 0.29) is 11.7 Å². The first kappa shape index (κ1) is 11.3. The summed E-state index contributed by atoms with van der Waals surface area (Å²) in [5.74, 6) is 0.877. The van der Waals surface area contributed by atoms with Gasteiger partial charge in [-0.15, -0.1) is 0 Å². The van der Waals surface area contributed by atoms with Crippen LogP contribution < -0.4 is 15.6 Å². The number of aryl methyl sites for hydroxylation is 1. The predicted molar refractivity (Wildman–Crippen MR) is 71.2 cm³/mol. The lowest BCUT2D eigenvalue weighted by Gasteiger charge is -2.15. The molecule has 2 heterocycles. The van der Waals surface area contributed by atoms with Gasteiger partial charge in [0.15, 0.2) is 0 Å². The molecular formula is C14H16N2O2. The maximum atomic E-state index is 11.7. The van der Waals surface area contributed by atoms with Gasteiger partial charge in [0.25, 0.3) is 5.56 Å². The van der Waals surface area contributed by atoms with Crippen molar-refractivity contribution in [1.29, 1.82) is 0 Å². The highest BCUT2D eigenvalue weighted by Gasteiger charge is 2.17. The molecule has 1 aromatic heterocycles. The minimum absolute atomic E-state index is 0.0512. The number of ether oxygens (including phenoxy) is 1. The molecule has 0 spiro atoms. The topological polar surface area (TPSA) is 54.1 Å². The molecular weight excluding hydrogens is 228 g/mol. The van der Waals surface area contributed by atoms with Crippen LogP contribution in [0.4, 0.5) is 0 Å². The first-order valence-corrected chi connectivity index (χ1v) is 6.23. The second-order valence-electron chi connectivity index (χ2n) is 4.74. The number of aromatic amines is 1. The maximum absolute atomic E-state index is 11.7. The average molecular weight is 244 g/mol. The van der Waals surface area contributed by atoms with Crippen molar-refractivity contribution in [1.82, 2.24) is 10.3 Å². The number of rotatable bonds is 2. The summed E-state index contributed by atoms with van der Waals surface area (Å²) < 4.78 is 5.98. The van der Waals surface area contributed by atoms with Gasteiger partial charge < -0.3 is 15.0 Å². The van der Waals surface area contributed by atoms with Crippen molar-refractivity contribution in [2.45, 2.75) is 19.4 Å². The van der Waals surface area contributed by atoms with Gasteiger partial charge in [0.2, 0.25) is 0 Å². The van der Waals surface area contributed by atoms with Gasteiger partial charge in [-0.3, -0.25) is 4.79 Å². The molecule has 0 bridgehead atoms. The maximum Gasteiger partial charge on any atom is 0.255 e. The molecule has 1 fully saturated rings. The number of hydrogen-bond donors (Lipinski definition) is 2. The molecule has 2 N–H and O–H groups in total. The molecule has 1 unspecified atom stereocenters. The van der Waals surface area contributed by atoms with Gasteiger partial charge in [0, 0.05) is 18.1 Å². The molecule has 94 valence electrons. The summed E-state index contributed by atoms with van der Waals surface area (Å²) in [7, 11) is 0. The minimum atomic E-state index is -0.0512. The molecule has 0 aliphatic carbocycles. The van der Waals surface area contributed by atoms with Crippen molar-refractivity contribution < 1.29 is 4.74 Å². The van der Waals surface area contributed by atoms with Crippen molar-refractivity contribution in [3.63, 3.8) is 0 Å². The van der Waals surface area contributed by atoms with Crippen LogP contribution in [0.3, 0.4) is 0 Å². The van der Waals surface area contributed by atoms with Crippen molar-refractivity contribution in [2.24, 2.45) is 0 Å². The molecule has 0 amide bonds. The van der Waals surface area contributed by atoms with E-state index in [2.05, 4.69) is 10.3 Å². The van der Waals surface area contributed by atoms with Crippen LogP contribution in [0.25, 0.3) is 10.8 Å². The van der Waals surface area contributed by atoms with E-state index in [0.29, 0.717) is 5.39 Å². The van der Waals surface area contributed by atoms with E-state index in [4.69, 9.17) is 4.74 Å². The summed E-state index contributed by atoms with van der Waals surface area (Å²) in [6, 6.07) is 5.75. The number of aromatic nitrogens is 1. The molecule has 18 heavy (non-hydrogen) atoms. The number of benzene rings is 1. The molecule has 1 aliphatic rings. The average Bonchev–Trinajstić information content (AvgIpc) is 2.84. The van der Waals surface area contributed by atoms with Gasteiger partial charge >= 0.3 is 0 Å². The van der Waals surface area contributed by atoms with Crippen LogP contribution in [0, 0.1) is 6.92 Å². The smallest absolute Gasteiger partial charge is 0.255 e. The summed E-state index contributed by atoms with van der Waals surface area (Å²) in [4.78, 5) is 14.4. The van der Waals surface area contributed by atoms with E-state index in [1.54, 1.807) is 6.20 Å². The van der Waals surface area contributed by atoms with E-state index < -0.39 is 0 Å². The van der Waals surface area contributed by atoms with E-state index in [1.165, 1.54) is 0 Å². The van der Waals surface area contributed by atoms with E-state index >= 15 is 0 Å². The normalized spacial score (nSPS) is 19.3. The Morgan fingerprint density at radius 3 is 3.06 bits per heavy atom. The van der Waals surface area contributed by atoms with Gasteiger partial charge in [0.05, 0.1) is 0 Å². The second kappa shape index (κ2) is 4.46.